The third kappa shape index (κ3) is 4.00. The van der Waals surface area contributed by atoms with E-state index in [-0.39, 0.29) is 23.9 Å². The Morgan fingerprint density at radius 2 is 1.96 bits per heavy atom. The number of nitro groups is 1. The van der Waals surface area contributed by atoms with Crippen LogP contribution in [0.2, 0.25) is 0 Å². The van der Waals surface area contributed by atoms with Gasteiger partial charge in [-0.25, -0.2) is 0 Å². The molecule has 0 spiro atoms. The van der Waals surface area contributed by atoms with Gasteiger partial charge in [0, 0.05) is 37.3 Å². The minimum atomic E-state index is -0.518. The topological polar surface area (TPSA) is 92.5 Å². The average molecular weight is 339 g/mol. The molecule has 7 nitrogen and oxygen atoms in total. The third-order valence-electron chi connectivity index (χ3n) is 4.13. The Labute approximate surface area is 144 Å². The van der Waals surface area contributed by atoms with E-state index in [0.717, 1.165) is 5.56 Å². The molecule has 128 valence electrons. The van der Waals surface area contributed by atoms with Crippen LogP contribution < -0.4 is 5.32 Å². The second-order valence-corrected chi connectivity index (χ2v) is 5.96. The van der Waals surface area contributed by atoms with Crippen LogP contribution in [0, 0.1) is 16.0 Å². The highest BCUT2D eigenvalue weighted by molar-refractivity contribution is 5.97. The maximum atomic E-state index is 12.4. The Balaban J connectivity index is 1.63. The number of likely N-dealkylation sites (tertiary alicyclic amines) is 1. The van der Waals surface area contributed by atoms with Gasteiger partial charge in [0.1, 0.15) is 0 Å². The fraction of sp³-hybridized carbons (Fsp3) is 0.222. The zero-order valence-electron chi connectivity index (χ0n) is 13.4. The lowest BCUT2D eigenvalue weighted by molar-refractivity contribution is -0.384. The lowest BCUT2D eigenvalue weighted by Gasteiger charge is -2.16. The van der Waals surface area contributed by atoms with Gasteiger partial charge in [0.15, 0.2) is 0 Å². The number of hydrogen-bond acceptors (Lipinski definition) is 4. The van der Waals surface area contributed by atoms with Crippen molar-refractivity contribution >= 4 is 23.2 Å². The van der Waals surface area contributed by atoms with Gasteiger partial charge in [-0.15, -0.1) is 0 Å². The maximum Gasteiger partial charge on any atom is 0.271 e. The van der Waals surface area contributed by atoms with E-state index in [0.29, 0.717) is 18.8 Å². The summed E-state index contributed by atoms with van der Waals surface area (Å²) < 4.78 is 0. The van der Waals surface area contributed by atoms with Gasteiger partial charge >= 0.3 is 0 Å². The van der Waals surface area contributed by atoms with Gasteiger partial charge in [-0.05, 0) is 11.6 Å². The van der Waals surface area contributed by atoms with Crippen molar-refractivity contribution in [2.45, 2.75) is 13.0 Å². The van der Waals surface area contributed by atoms with Crippen LogP contribution in [0.15, 0.2) is 54.6 Å². The molecule has 2 amide bonds. The fourth-order valence-corrected chi connectivity index (χ4v) is 2.85. The van der Waals surface area contributed by atoms with Gasteiger partial charge in [0.2, 0.25) is 11.8 Å². The molecule has 1 aliphatic heterocycles. The van der Waals surface area contributed by atoms with Crippen molar-refractivity contribution in [3.8, 4) is 0 Å². The first-order valence-corrected chi connectivity index (χ1v) is 7.90. The number of amides is 2. The SMILES string of the molecule is O=C(Nc1cccc([N+](=O)[O-])c1)[C@H]1CC(=O)N(Cc2ccccc2)C1. The van der Waals surface area contributed by atoms with Crippen molar-refractivity contribution in [2.75, 3.05) is 11.9 Å². The van der Waals surface area contributed by atoms with Gasteiger partial charge in [0.05, 0.1) is 10.8 Å². The van der Waals surface area contributed by atoms with E-state index in [4.69, 9.17) is 0 Å². The molecule has 2 aromatic rings. The maximum absolute atomic E-state index is 12.4. The number of hydrogen-bond donors (Lipinski definition) is 1. The minimum Gasteiger partial charge on any atom is -0.338 e. The first-order valence-electron chi connectivity index (χ1n) is 7.90. The number of nitro benzene ring substituents is 1. The first-order chi connectivity index (χ1) is 12.0. The Morgan fingerprint density at radius 1 is 1.20 bits per heavy atom. The number of carbonyl (C=O) groups excluding carboxylic acids is 2. The van der Waals surface area contributed by atoms with E-state index in [1.807, 2.05) is 30.3 Å². The molecular weight excluding hydrogens is 322 g/mol. The molecule has 1 N–H and O–H groups in total. The van der Waals surface area contributed by atoms with Gasteiger partial charge in [-0.2, -0.15) is 0 Å². The summed E-state index contributed by atoms with van der Waals surface area (Å²) in [6.45, 7) is 0.814. The highest BCUT2D eigenvalue weighted by atomic mass is 16.6. The predicted molar refractivity (Wildman–Crippen MR) is 91.7 cm³/mol. The van der Waals surface area contributed by atoms with Gasteiger partial charge < -0.3 is 10.2 Å². The average Bonchev–Trinajstić information content (AvgIpc) is 2.97. The molecule has 3 rings (SSSR count). The van der Waals surface area contributed by atoms with Crippen molar-refractivity contribution in [3.63, 3.8) is 0 Å². The Morgan fingerprint density at radius 3 is 2.68 bits per heavy atom. The highest BCUT2D eigenvalue weighted by Crippen LogP contribution is 2.23. The monoisotopic (exact) mass is 339 g/mol. The molecule has 1 aliphatic rings. The molecule has 0 bridgehead atoms. The van der Waals surface area contributed by atoms with Crippen molar-refractivity contribution in [1.82, 2.24) is 4.90 Å². The van der Waals surface area contributed by atoms with E-state index >= 15 is 0 Å². The summed E-state index contributed by atoms with van der Waals surface area (Å²) in [6.07, 6.45) is 0.146. The van der Waals surface area contributed by atoms with Crippen LogP contribution in [0.25, 0.3) is 0 Å². The number of rotatable bonds is 5. The van der Waals surface area contributed by atoms with Crippen molar-refractivity contribution in [3.05, 3.63) is 70.3 Å². The van der Waals surface area contributed by atoms with Crippen molar-refractivity contribution < 1.29 is 14.5 Å². The summed E-state index contributed by atoms with van der Waals surface area (Å²) in [4.78, 5) is 36.5. The molecule has 0 aromatic heterocycles. The molecule has 1 fully saturated rings. The van der Waals surface area contributed by atoms with Crippen molar-refractivity contribution in [1.29, 1.82) is 0 Å². The molecule has 1 saturated heterocycles. The van der Waals surface area contributed by atoms with E-state index in [1.54, 1.807) is 11.0 Å². The molecule has 1 heterocycles. The fourth-order valence-electron chi connectivity index (χ4n) is 2.85. The van der Waals surface area contributed by atoms with Crippen LogP contribution in [-0.4, -0.2) is 28.2 Å². The number of benzene rings is 2. The molecule has 0 aliphatic carbocycles. The van der Waals surface area contributed by atoms with Crippen LogP contribution in [-0.2, 0) is 16.1 Å². The molecule has 1 atom stereocenters. The minimum absolute atomic E-state index is 0.0666. The summed E-state index contributed by atoms with van der Waals surface area (Å²) in [5, 5.41) is 13.5. The smallest absolute Gasteiger partial charge is 0.271 e. The number of nitrogens with zero attached hydrogens (tertiary/aromatic N) is 2. The largest absolute Gasteiger partial charge is 0.338 e. The zero-order valence-corrected chi connectivity index (χ0v) is 13.4. The van der Waals surface area contributed by atoms with Crippen molar-refractivity contribution in [2.24, 2.45) is 5.92 Å². The van der Waals surface area contributed by atoms with Crippen LogP contribution in [0.1, 0.15) is 12.0 Å². The second-order valence-electron chi connectivity index (χ2n) is 5.96. The normalized spacial score (nSPS) is 16.7. The molecule has 2 aromatic carbocycles. The molecule has 7 heteroatoms. The van der Waals surface area contributed by atoms with Crippen LogP contribution >= 0.6 is 0 Å². The van der Waals surface area contributed by atoms with Crippen LogP contribution in [0.3, 0.4) is 0 Å². The lowest BCUT2D eigenvalue weighted by atomic mass is 10.1. The summed E-state index contributed by atoms with van der Waals surface area (Å²) in [5.74, 6) is -0.831. The van der Waals surface area contributed by atoms with Gasteiger partial charge in [-0.3, -0.25) is 19.7 Å². The Hall–Kier alpha value is -3.22. The second kappa shape index (κ2) is 7.12. The lowest BCUT2D eigenvalue weighted by Crippen LogP contribution is -2.28. The van der Waals surface area contributed by atoms with Gasteiger partial charge in [0.25, 0.3) is 5.69 Å². The van der Waals surface area contributed by atoms with Crippen LogP contribution in [0.4, 0.5) is 11.4 Å². The molecule has 25 heavy (non-hydrogen) atoms. The standard InChI is InChI=1S/C18H17N3O4/c22-17-9-14(12-20(17)11-13-5-2-1-3-6-13)18(23)19-15-7-4-8-16(10-15)21(24)25/h1-8,10,14H,9,11-12H2,(H,19,23)/t14-/m0/s1. The van der Waals surface area contributed by atoms with E-state index in [2.05, 4.69) is 5.32 Å². The number of carbonyl (C=O) groups is 2. The van der Waals surface area contributed by atoms with E-state index in [1.165, 1.54) is 18.2 Å². The summed E-state index contributed by atoms with van der Waals surface area (Å²) in [6, 6.07) is 15.3. The molecular formula is C18H17N3O4. The van der Waals surface area contributed by atoms with E-state index in [9.17, 15) is 19.7 Å². The quantitative estimate of drug-likeness (QED) is 0.669. The highest BCUT2D eigenvalue weighted by Gasteiger charge is 2.34. The summed E-state index contributed by atoms with van der Waals surface area (Å²) >= 11 is 0. The van der Waals surface area contributed by atoms with E-state index < -0.39 is 10.8 Å². The molecule has 0 unspecified atom stereocenters. The summed E-state index contributed by atoms with van der Waals surface area (Å²) in [5.41, 5.74) is 1.27. The zero-order chi connectivity index (χ0) is 17.8. The number of nitrogens with one attached hydrogen (secondary N) is 1. The third-order valence-corrected chi connectivity index (χ3v) is 4.13. The molecule has 0 saturated carbocycles. The number of anilines is 1. The van der Waals surface area contributed by atoms with Gasteiger partial charge in [-0.1, -0.05) is 36.4 Å². The predicted octanol–water partition coefficient (Wildman–Crippen LogP) is 2.58. The molecule has 0 radical (unpaired) electrons. The first kappa shape index (κ1) is 16.6. The Kier molecular flexibility index (Phi) is 4.74. The number of non-ortho nitro benzene ring substituents is 1. The Bertz CT molecular complexity index is 807. The van der Waals surface area contributed by atoms with Crippen LogP contribution in [0.5, 0.6) is 0 Å². The summed E-state index contributed by atoms with van der Waals surface area (Å²) in [7, 11) is 0.